The molecule has 0 aliphatic heterocycles. The second-order valence-electron chi connectivity index (χ2n) is 20.2. The topological polar surface area (TPSA) is 78.9 Å². The fraction of sp³-hybridized carbons (Fsp3) is 0.575. The number of carbonyl (C=O) groups is 3. The first-order chi connectivity index (χ1) is 39.0. The highest BCUT2D eigenvalue weighted by atomic mass is 16.6. The Morgan fingerprint density at radius 2 is 0.481 bits per heavy atom. The van der Waals surface area contributed by atoms with Crippen molar-refractivity contribution < 1.29 is 28.6 Å². The Morgan fingerprint density at radius 3 is 0.772 bits per heavy atom. The van der Waals surface area contributed by atoms with E-state index < -0.39 is 12.1 Å². The SMILES string of the molecule is CC/C=C\C/C=C\C/C=C\C/C=C\C/C=C\C/C=C\CCC(=O)OC(COC(=O)CCCCC/C=C\C/C=C\C/C=C\CC)COC(=O)CCCCCCCCCCCCCCC/C=C\C/C=C\C/C=C\C/C=C\C/C=C\CC. The van der Waals surface area contributed by atoms with Crippen LogP contribution in [0.2, 0.25) is 0 Å². The van der Waals surface area contributed by atoms with Crippen LogP contribution in [-0.4, -0.2) is 37.2 Å². The molecule has 0 spiro atoms. The summed E-state index contributed by atoms with van der Waals surface area (Å²) in [4.78, 5) is 38.2. The Hall–Kier alpha value is -5.23. The van der Waals surface area contributed by atoms with Crippen LogP contribution in [0, 0.1) is 0 Å². The van der Waals surface area contributed by atoms with Crippen LogP contribution in [0.4, 0.5) is 0 Å². The third kappa shape index (κ3) is 63.5. The van der Waals surface area contributed by atoms with Crippen molar-refractivity contribution in [1.82, 2.24) is 0 Å². The number of ether oxygens (including phenoxy) is 3. The molecule has 0 rings (SSSR count). The van der Waals surface area contributed by atoms with Crippen molar-refractivity contribution >= 4 is 17.9 Å². The predicted molar refractivity (Wildman–Crippen MR) is 343 cm³/mol. The fourth-order valence-corrected chi connectivity index (χ4v) is 8.10. The van der Waals surface area contributed by atoms with Crippen molar-refractivity contribution in [2.45, 2.75) is 258 Å². The molecule has 1 atom stereocenters. The first-order valence-electron chi connectivity index (χ1n) is 31.6. The summed E-state index contributed by atoms with van der Waals surface area (Å²) in [5, 5.41) is 0. The quantitative estimate of drug-likeness (QED) is 0.0261. The maximum atomic E-state index is 12.9. The van der Waals surface area contributed by atoms with Gasteiger partial charge in [-0.2, -0.15) is 0 Å². The molecule has 0 radical (unpaired) electrons. The van der Waals surface area contributed by atoms with Crippen LogP contribution >= 0.6 is 0 Å². The molecule has 0 bridgehead atoms. The van der Waals surface area contributed by atoms with Gasteiger partial charge in [-0.15, -0.1) is 0 Å². The van der Waals surface area contributed by atoms with Gasteiger partial charge in [0, 0.05) is 19.3 Å². The van der Waals surface area contributed by atoms with E-state index in [4.69, 9.17) is 14.2 Å². The smallest absolute Gasteiger partial charge is 0.306 e. The van der Waals surface area contributed by atoms with Crippen molar-refractivity contribution in [3.63, 3.8) is 0 Å². The van der Waals surface area contributed by atoms with Gasteiger partial charge in [0.25, 0.3) is 0 Å². The normalized spacial score (nSPS) is 13.3. The molecule has 79 heavy (non-hydrogen) atoms. The molecule has 0 aliphatic carbocycles. The monoisotopic (exact) mass is 1090 g/mol. The molecule has 0 saturated carbocycles. The van der Waals surface area contributed by atoms with Gasteiger partial charge in [-0.05, 0) is 135 Å². The molecule has 0 amide bonds. The van der Waals surface area contributed by atoms with Gasteiger partial charge in [0.15, 0.2) is 6.10 Å². The number of unbranched alkanes of at least 4 members (excludes halogenated alkanes) is 16. The second-order valence-corrected chi connectivity index (χ2v) is 20.2. The zero-order valence-corrected chi connectivity index (χ0v) is 50.6. The number of allylic oxidation sites excluding steroid dienone is 28. The highest BCUT2D eigenvalue weighted by molar-refractivity contribution is 5.71. The molecule has 1 unspecified atom stereocenters. The standard InChI is InChI=1S/C73H114O6/c1-4-7-10-13-16-19-22-25-27-29-31-32-33-34-35-36-37-38-39-40-42-43-45-48-51-54-57-60-63-66-72(75)78-69-70(68-77-71(74)65-62-59-56-53-50-47-24-21-18-15-12-9-6-3)79-73(76)67-64-61-58-55-52-49-46-44-41-30-28-26-23-20-17-14-11-8-5-2/h7-12,16-21,25-28,31-32,34-35,41,44,47,49-50,52,58,61,70H,4-6,13-15,22-24,29-30,33,36-40,42-43,45-46,48,51,53-57,59-60,62-69H2,1-3H3/b10-7-,11-8-,12-9-,19-16-,20-17-,21-18-,27-25-,28-26-,32-31-,35-34-,44-41-,50-47-,52-49-,61-58-. The van der Waals surface area contributed by atoms with Gasteiger partial charge in [0.2, 0.25) is 0 Å². The average Bonchev–Trinajstić information content (AvgIpc) is 3.45. The largest absolute Gasteiger partial charge is 0.462 e. The summed E-state index contributed by atoms with van der Waals surface area (Å²) in [5.41, 5.74) is 0. The second kappa shape index (κ2) is 65.3. The van der Waals surface area contributed by atoms with Gasteiger partial charge < -0.3 is 14.2 Å². The van der Waals surface area contributed by atoms with Gasteiger partial charge in [-0.3, -0.25) is 14.4 Å². The van der Waals surface area contributed by atoms with Crippen molar-refractivity contribution in [2.75, 3.05) is 13.2 Å². The van der Waals surface area contributed by atoms with E-state index in [0.717, 1.165) is 135 Å². The molecular weight excluding hydrogens is 973 g/mol. The third-order valence-electron chi connectivity index (χ3n) is 12.7. The van der Waals surface area contributed by atoms with Crippen LogP contribution in [0.1, 0.15) is 252 Å². The molecule has 0 aliphatic rings. The van der Waals surface area contributed by atoms with E-state index in [1.54, 1.807) is 0 Å². The van der Waals surface area contributed by atoms with Gasteiger partial charge in [0.05, 0.1) is 0 Å². The maximum Gasteiger partial charge on any atom is 0.306 e. The highest BCUT2D eigenvalue weighted by Crippen LogP contribution is 2.15. The lowest BCUT2D eigenvalue weighted by molar-refractivity contribution is -0.166. The van der Waals surface area contributed by atoms with Crippen LogP contribution in [0.25, 0.3) is 0 Å². The van der Waals surface area contributed by atoms with E-state index in [1.807, 2.05) is 12.2 Å². The lowest BCUT2D eigenvalue weighted by Gasteiger charge is -2.18. The summed E-state index contributed by atoms with van der Waals surface area (Å²) < 4.78 is 16.8. The Bertz CT molecular complexity index is 1820. The lowest BCUT2D eigenvalue weighted by atomic mass is 10.0. The molecule has 0 aromatic carbocycles. The Morgan fingerprint density at radius 1 is 0.253 bits per heavy atom. The van der Waals surface area contributed by atoms with E-state index in [9.17, 15) is 14.4 Å². The first-order valence-corrected chi connectivity index (χ1v) is 31.6. The minimum absolute atomic E-state index is 0.125. The van der Waals surface area contributed by atoms with Gasteiger partial charge in [-0.25, -0.2) is 0 Å². The zero-order chi connectivity index (χ0) is 57.1. The van der Waals surface area contributed by atoms with E-state index >= 15 is 0 Å². The van der Waals surface area contributed by atoms with Crippen LogP contribution in [-0.2, 0) is 28.6 Å². The van der Waals surface area contributed by atoms with Crippen LogP contribution < -0.4 is 0 Å². The van der Waals surface area contributed by atoms with E-state index in [1.165, 1.54) is 70.6 Å². The molecule has 0 aromatic heterocycles. The van der Waals surface area contributed by atoms with Crippen molar-refractivity contribution in [3.05, 3.63) is 170 Å². The van der Waals surface area contributed by atoms with Crippen LogP contribution in [0.15, 0.2) is 170 Å². The number of carbonyl (C=O) groups excluding carboxylic acids is 3. The molecule has 0 heterocycles. The summed E-state index contributed by atoms with van der Waals surface area (Å²) in [6.45, 7) is 6.20. The van der Waals surface area contributed by atoms with Crippen molar-refractivity contribution in [1.29, 1.82) is 0 Å². The Balaban J connectivity index is 4.40. The number of hydrogen-bond acceptors (Lipinski definition) is 6. The fourth-order valence-electron chi connectivity index (χ4n) is 8.10. The number of rotatable bonds is 55. The summed E-state index contributed by atoms with van der Waals surface area (Å²) in [6.07, 6.45) is 96.7. The third-order valence-corrected chi connectivity index (χ3v) is 12.7. The van der Waals surface area contributed by atoms with Gasteiger partial charge in [-0.1, -0.05) is 268 Å². The van der Waals surface area contributed by atoms with Gasteiger partial charge in [0.1, 0.15) is 13.2 Å². The van der Waals surface area contributed by atoms with Gasteiger partial charge >= 0.3 is 17.9 Å². The molecule has 442 valence electrons. The summed E-state index contributed by atoms with van der Waals surface area (Å²) >= 11 is 0. The first kappa shape index (κ1) is 73.8. The van der Waals surface area contributed by atoms with Crippen LogP contribution in [0.3, 0.4) is 0 Å². The van der Waals surface area contributed by atoms with Crippen LogP contribution in [0.5, 0.6) is 0 Å². The minimum Gasteiger partial charge on any atom is -0.462 e. The Labute approximate surface area is 485 Å². The zero-order valence-electron chi connectivity index (χ0n) is 50.6. The molecule has 0 N–H and O–H groups in total. The molecule has 0 saturated heterocycles. The molecule has 6 heteroatoms. The predicted octanol–water partition coefficient (Wildman–Crippen LogP) is 21.9. The highest BCUT2D eigenvalue weighted by Gasteiger charge is 2.19. The number of esters is 3. The van der Waals surface area contributed by atoms with E-state index in [-0.39, 0.29) is 31.6 Å². The molecule has 0 aromatic rings. The minimum atomic E-state index is -0.840. The van der Waals surface area contributed by atoms with E-state index in [2.05, 4.69) is 179 Å². The van der Waals surface area contributed by atoms with Crippen molar-refractivity contribution in [3.8, 4) is 0 Å². The molecule has 0 fully saturated rings. The van der Waals surface area contributed by atoms with E-state index in [0.29, 0.717) is 19.3 Å². The summed E-state index contributed by atoms with van der Waals surface area (Å²) in [6, 6.07) is 0. The summed E-state index contributed by atoms with van der Waals surface area (Å²) in [5.74, 6) is -1.05. The lowest BCUT2D eigenvalue weighted by Crippen LogP contribution is -2.30. The van der Waals surface area contributed by atoms with Crippen molar-refractivity contribution in [2.24, 2.45) is 0 Å². The average molecular weight is 1090 g/mol. The summed E-state index contributed by atoms with van der Waals surface area (Å²) in [7, 11) is 0. The molecule has 6 nitrogen and oxygen atoms in total. The Kier molecular flexibility index (Phi) is 61.0. The maximum absolute atomic E-state index is 12.9. The molecular formula is C73H114O6. The number of hydrogen-bond donors (Lipinski definition) is 0.